The van der Waals surface area contributed by atoms with Crippen molar-refractivity contribution in [1.29, 1.82) is 0 Å². The van der Waals surface area contributed by atoms with Gasteiger partial charge in [0.25, 0.3) is 0 Å². The van der Waals surface area contributed by atoms with Crippen molar-refractivity contribution in [2.24, 2.45) is 10.9 Å². The number of benzene rings is 1. The van der Waals surface area contributed by atoms with Gasteiger partial charge in [0.05, 0.1) is 0 Å². The number of amidine groups is 1. The normalized spacial score (nSPS) is 27.8. The summed E-state index contributed by atoms with van der Waals surface area (Å²) in [5.41, 5.74) is 3.02. The lowest BCUT2D eigenvalue weighted by Crippen LogP contribution is -2.41. The second-order valence-electron chi connectivity index (χ2n) is 5.88. The predicted octanol–water partition coefficient (Wildman–Crippen LogP) is 3.43. The van der Waals surface area contributed by atoms with Crippen LogP contribution in [0.25, 0.3) is 0 Å². The first-order chi connectivity index (χ1) is 9.24. The van der Waals surface area contributed by atoms with Crippen molar-refractivity contribution in [3.05, 3.63) is 35.4 Å². The Kier molecular flexibility index (Phi) is 3.83. The lowest BCUT2D eigenvalue weighted by Gasteiger charge is -2.31. The Morgan fingerprint density at radius 3 is 3.00 bits per heavy atom. The van der Waals surface area contributed by atoms with E-state index in [-0.39, 0.29) is 0 Å². The van der Waals surface area contributed by atoms with E-state index in [1.54, 1.807) is 0 Å². The number of nitrogens with one attached hydrogen (secondary N) is 1. The van der Waals surface area contributed by atoms with Gasteiger partial charge in [-0.15, -0.1) is 0 Å². The molecular weight excluding hydrogens is 252 g/mol. The Bertz CT molecular complexity index is 481. The van der Waals surface area contributed by atoms with Crippen molar-refractivity contribution in [1.82, 2.24) is 5.32 Å². The smallest absolute Gasteiger partial charge is 0.156 e. The first kappa shape index (κ1) is 13.0. The van der Waals surface area contributed by atoms with Gasteiger partial charge in [0.1, 0.15) is 0 Å². The van der Waals surface area contributed by atoms with Crippen LogP contribution in [0, 0.1) is 5.92 Å². The van der Waals surface area contributed by atoms with Crippen LogP contribution in [0.4, 0.5) is 0 Å². The molecule has 0 spiro atoms. The van der Waals surface area contributed by atoms with Crippen molar-refractivity contribution < 1.29 is 0 Å². The van der Waals surface area contributed by atoms with Crippen molar-refractivity contribution in [2.45, 2.75) is 38.6 Å². The zero-order valence-electron chi connectivity index (χ0n) is 11.7. The van der Waals surface area contributed by atoms with Gasteiger partial charge in [-0.2, -0.15) is 0 Å². The molecule has 2 aliphatic rings. The third-order valence-electron chi connectivity index (χ3n) is 4.20. The van der Waals surface area contributed by atoms with Gasteiger partial charge in [0.2, 0.25) is 0 Å². The third-order valence-corrected chi connectivity index (χ3v) is 5.16. The summed E-state index contributed by atoms with van der Waals surface area (Å²) in [6.45, 7) is 5.51. The Hall–Kier alpha value is -0.960. The Morgan fingerprint density at radius 1 is 1.37 bits per heavy atom. The molecule has 1 aliphatic carbocycles. The van der Waals surface area contributed by atoms with Gasteiger partial charge in [0, 0.05) is 24.3 Å². The van der Waals surface area contributed by atoms with E-state index in [4.69, 9.17) is 4.99 Å². The lowest BCUT2D eigenvalue weighted by atomic mass is 9.78. The maximum Gasteiger partial charge on any atom is 0.156 e. The van der Waals surface area contributed by atoms with Crippen LogP contribution in [0.3, 0.4) is 0 Å². The highest BCUT2D eigenvalue weighted by atomic mass is 32.2. The molecule has 0 amide bonds. The first-order valence-corrected chi connectivity index (χ1v) is 8.24. The van der Waals surface area contributed by atoms with Crippen LogP contribution >= 0.6 is 11.8 Å². The molecule has 1 aromatic carbocycles. The molecule has 1 heterocycles. The molecule has 0 radical (unpaired) electrons. The quantitative estimate of drug-likeness (QED) is 0.913. The van der Waals surface area contributed by atoms with Gasteiger partial charge in [-0.3, -0.25) is 4.99 Å². The van der Waals surface area contributed by atoms with Crippen LogP contribution in [-0.4, -0.2) is 23.5 Å². The van der Waals surface area contributed by atoms with E-state index in [1.165, 1.54) is 29.7 Å². The van der Waals surface area contributed by atoms with Crippen molar-refractivity contribution in [3.8, 4) is 0 Å². The number of hydrogen-bond acceptors (Lipinski definition) is 2. The maximum absolute atomic E-state index is 4.81. The molecular formula is C16H22N2S. The molecule has 0 saturated carbocycles. The summed E-state index contributed by atoms with van der Waals surface area (Å²) >= 11 is 1.88. The molecule has 1 saturated heterocycles. The molecule has 19 heavy (non-hydrogen) atoms. The third kappa shape index (κ3) is 2.81. The van der Waals surface area contributed by atoms with Crippen LogP contribution in [0.5, 0.6) is 0 Å². The summed E-state index contributed by atoms with van der Waals surface area (Å²) < 4.78 is 0. The average Bonchev–Trinajstić information content (AvgIpc) is 2.40. The highest BCUT2D eigenvalue weighted by Crippen LogP contribution is 2.35. The van der Waals surface area contributed by atoms with Crippen LogP contribution in [-0.2, 0) is 6.42 Å². The molecule has 2 atom stereocenters. The van der Waals surface area contributed by atoms with Crippen LogP contribution < -0.4 is 5.32 Å². The second-order valence-corrected chi connectivity index (χ2v) is 6.96. The fraction of sp³-hybridized carbons (Fsp3) is 0.562. The van der Waals surface area contributed by atoms with E-state index in [1.807, 2.05) is 11.8 Å². The summed E-state index contributed by atoms with van der Waals surface area (Å²) in [5, 5.41) is 4.75. The minimum absolute atomic E-state index is 0.605. The first-order valence-electron chi connectivity index (χ1n) is 7.25. The SMILES string of the molecule is CC(C)C1CCSC(=NCC2Cc3ccccc32)N1. The maximum atomic E-state index is 4.81. The van der Waals surface area contributed by atoms with Gasteiger partial charge < -0.3 is 5.32 Å². The zero-order chi connectivity index (χ0) is 13.2. The molecule has 1 fully saturated rings. The van der Waals surface area contributed by atoms with Crippen LogP contribution in [0.15, 0.2) is 29.3 Å². The predicted molar refractivity (Wildman–Crippen MR) is 84.0 cm³/mol. The van der Waals surface area contributed by atoms with Crippen LogP contribution in [0.2, 0.25) is 0 Å². The van der Waals surface area contributed by atoms with Gasteiger partial charge in [-0.25, -0.2) is 0 Å². The molecule has 1 aromatic rings. The molecule has 1 N–H and O–H groups in total. The van der Waals surface area contributed by atoms with Crippen LogP contribution in [0.1, 0.15) is 37.3 Å². The largest absolute Gasteiger partial charge is 0.362 e. The monoisotopic (exact) mass is 274 g/mol. The fourth-order valence-electron chi connectivity index (χ4n) is 2.86. The molecule has 102 valence electrons. The summed E-state index contributed by atoms with van der Waals surface area (Å²) in [5.74, 6) is 2.54. The Morgan fingerprint density at radius 2 is 2.21 bits per heavy atom. The second kappa shape index (κ2) is 5.58. The number of fused-ring (bicyclic) bond motifs is 1. The van der Waals surface area contributed by atoms with Crippen molar-refractivity contribution in [3.63, 3.8) is 0 Å². The van der Waals surface area contributed by atoms with E-state index in [2.05, 4.69) is 43.4 Å². The summed E-state index contributed by atoms with van der Waals surface area (Å²) in [4.78, 5) is 4.81. The lowest BCUT2D eigenvalue weighted by molar-refractivity contribution is 0.442. The molecule has 1 aliphatic heterocycles. The Balaban J connectivity index is 1.59. The summed E-state index contributed by atoms with van der Waals surface area (Å²) in [7, 11) is 0. The number of hydrogen-bond donors (Lipinski definition) is 1. The van der Waals surface area contributed by atoms with E-state index >= 15 is 0 Å². The standard InChI is InChI=1S/C16H22N2S/c1-11(2)15-7-8-19-16(18-15)17-10-13-9-12-5-3-4-6-14(12)13/h3-6,11,13,15H,7-10H2,1-2H3,(H,17,18). The number of rotatable bonds is 3. The van der Waals surface area contributed by atoms with E-state index in [9.17, 15) is 0 Å². The van der Waals surface area contributed by atoms with Gasteiger partial charge in [0.15, 0.2) is 5.17 Å². The topological polar surface area (TPSA) is 24.4 Å². The summed E-state index contributed by atoms with van der Waals surface area (Å²) in [6.07, 6.45) is 2.46. The molecule has 0 bridgehead atoms. The zero-order valence-corrected chi connectivity index (χ0v) is 12.5. The van der Waals surface area contributed by atoms with Gasteiger partial charge in [-0.1, -0.05) is 49.9 Å². The minimum Gasteiger partial charge on any atom is -0.362 e. The average molecular weight is 274 g/mol. The van der Waals surface area contributed by atoms with Crippen molar-refractivity contribution in [2.75, 3.05) is 12.3 Å². The van der Waals surface area contributed by atoms with Gasteiger partial charge >= 0.3 is 0 Å². The van der Waals surface area contributed by atoms with Gasteiger partial charge in [-0.05, 0) is 29.9 Å². The van der Waals surface area contributed by atoms with E-state index in [0.717, 1.165) is 11.7 Å². The van der Waals surface area contributed by atoms with Crippen molar-refractivity contribution >= 4 is 16.9 Å². The molecule has 3 heteroatoms. The molecule has 2 nitrogen and oxygen atoms in total. The minimum atomic E-state index is 0.605. The van der Waals surface area contributed by atoms with E-state index < -0.39 is 0 Å². The fourth-order valence-corrected chi connectivity index (χ4v) is 3.83. The summed E-state index contributed by atoms with van der Waals surface area (Å²) in [6, 6.07) is 9.37. The number of aliphatic imine (C=N–C) groups is 1. The molecule has 0 aromatic heterocycles. The number of thioether (sulfide) groups is 1. The highest BCUT2D eigenvalue weighted by Gasteiger charge is 2.26. The molecule has 2 unspecified atom stereocenters. The molecule has 3 rings (SSSR count). The highest BCUT2D eigenvalue weighted by molar-refractivity contribution is 8.13. The Labute approximate surface area is 120 Å². The van der Waals surface area contributed by atoms with E-state index in [0.29, 0.717) is 17.9 Å². The number of nitrogens with zero attached hydrogens (tertiary/aromatic N) is 1.